The molecule has 2 rings (SSSR count). The predicted molar refractivity (Wildman–Crippen MR) is 151 cm³/mol. The molecule has 2 aromatic rings. The fourth-order valence-corrected chi connectivity index (χ4v) is 6.29. The van der Waals surface area contributed by atoms with Gasteiger partial charge in [-0.2, -0.15) is 0 Å². The van der Waals surface area contributed by atoms with Crippen molar-refractivity contribution in [1.82, 2.24) is 0 Å². The Morgan fingerprint density at radius 2 is 0.941 bits per heavy atom. The molecule has 6 heteroatoms. The summed E-state index contributed by atoms with van der Waals surface area (Å²) >= 11 is 0. The Hall–Kier alpha value is -1.87. The molecule has 0 spiro atoms. The lowest BCUT2D eigenvalue weighted by atomic mass is 10.0. The van der Waals surface area contributed by atoms with Crippen molar-refractivity contribution in [2.24, 2.45) is 0 Å². The van der Waals surface area contributed by atoms with Crippen LogP contribution in [-0.2, 0) is 18.3 Å². The zero-order valence-corrected chi connectivity index (χ0v) is 24.8. The van der Waals surface area contributed by atoms with Crippen LogP contribution in [0.25, 0.3) is 22.3 Å². The van der Waals surface area contributed by atoms with Crippen LogP contribution in [0.2, 0.25) is 39.3 Å². The van der Waals surface area contributed by atoms with Crippen molar-refractivity contribution in [3.63, 3.8) is 0 Å². The van der Waals surface area contributed by atoms with E-state index in [0.717, 1.165) is 21.9 Å². The number of rotatable bonds is 12. The summed E-state index contributed by atoms with van der Waals surface area (Å²) in [5.41, 5.74) is 1.91. The fraction of sp³-hybridized carbons (Fsp3) is 0.500. The van der Waals surface area contributed by atoms with Crippen molar-refractivity contribution < 1.29 is 18.3 Å². The van der Waals surface area contributed by atoms with Crippen molar-refractivity contribution in [3.05, 3.63) is 60.7 Å². The van der Waals surface area contributed by atoms with E-state index in [1.54, 1.807) is 0 Å². The van der Waals surface area contributed by atoms with Crippen LogP contribution in [0.4, 0.5) is 0 Å². The van der Waals surface area contributed by atoms with E-state index in [1.807, 2.05) is 26.0 Å². The van der Waals surface area contributed by atoms with Gasteiger partial charge in [0.2, 0.25) is 0 Å². The number of ether oxygens (including phenoxy) is 2. The van der Waals surface area contributed by atoms with E-state index in [4.69, 9.17) is 18.3 Å². The Bertz CT molecular complexity index is 927. The molecule has 0 fully saturated rings. The monoisotopic (exact) mass is 500 g/mol. The van der Waals surface area contributed by atoms with Gasteiger partial charge in [-0.25, -0.2) is 0 Å². The van der Waals surface area contributed by atoms with Gasteiger partial charge in [0.1, 0.15) is 23.7 Å². The maximum atomic E-state index is 6.17. The van der Waals surface area contributed by atoms with Gasteiger partial charge < -0.3 is 18.3 Å². The molecule has 0 N–H and O–H groups in total. The van der Waals surface area contributed by atoms with Crippen LogP contribution in [0.1, 0.15) is 38.8 Å². The van der Waals surface area contributed by atoms with Crippen LogP contribution in [0.5, 0.6) is 0 Å². The first-order valence-electron chi connectivity index (χ1n) is 12.2. The van der Waals surface area contributed by atoms with Crippen molar-refractivity contribution in [2.75, 3.05) is 0 Å². The summed E-state index contributed by atoms with van der Waals surface area (Å²) in [6.07, 6.45) is -0.164. The quantitative estimate of drug-likeness (QED) is 0.218. The van der Waals surface area contributed by atoms with Gasteiger partial charge in [0, 0.05) is 11.1 Å². The standard InChI is InChI=1S/C28H44O4Si2/c1-19(21(3)31-33(7,8)9)29-23(5)26-15-13-25-14-16-27(18-28(25)17-26)24(6)30-20(2)22(4)32-34(10,11)12/h13-22H,5-6H2,1-4,7-12H3/t19-,20+,21-,22-/m0/s1. The molecule has 0 saturated heterocycles. The second-order valence-corrected chi connectivity index (χ2v) is 20.1. The third kappa shape index (κ3) is 8.73. The van der Waals surface area contributed by atoms with Crippen LogP contribution in [-0.4, -0.2) is 41.1 Å². The molecule has 188 valence electrons. The maximum Gasteiger partial charge on any atom is 0.184 e. The molecule has 4 atom stereocenters. The minimum atomic E-state index is -1.63. The van der Waals surface area contributed by atoms with E-state index in [0.29, 0.717) is 11.5 Å². The van der Waals surface area contributed by atoms with Gasteiger partial charge in [-0.3, -0.25) is 0 Å². The summed E-state index contributed by atoms with van der Waals surface area (Å²) < 4.78 is 24.6. The number of hydrogen-bond acceptors (Lipinski definition) is 4. The van der Waals surface area contributed by atoms with Crippen molar-refractivity contribution in [2.45, 2.75) is 91.4 Å². The molecule has 0 bridgehead atoms. The molecule has 0 aromatic heterocycles. The second-order valence-electron chi connectivity index (χ2n) is 11.1. The van der Waals surface area contributed by atoms with Gasteiger partial charge >= 0.3 is 0 Å². The summed E-state index contributed by atoms with van der Waals surface area (Å²) in [4.78, 5) is 0. The highest BCUT2D eigenvalue weighted by atomic mass is 28.4. The first kappa shape index (κ1) is 28.4. The van der Waals surface area contributed by atoms with Gasteiger partial charge in [0.25, 0.3) is 0 Å². The second kappa shape index (κ2) is 11.2. The largest absolute Gasteiger partial charge is 0.488 e. The van der Waals surface area contributed by atoms with Crippen molar-refractivity contribution in [1.29, 1.82) is 0 Å². The van der Waals surface area contributed by atoms with Gasteiger partial charge in [-0.15, -0.1) is 0 Å². The van der Waals surface area contributed by atoms with Crippen LogP contribution in [0.15, 0.2) is 49.6 Å². The summed E-state index contributed by atoms with van der Waals surface area (Å²) in [6, 6.07) is 12.5. The highest BCUT2D eigenvalue weighted by Gasteiger charge is 2.25. The molecule has 0 radical (unpaired) electrons. The zero-order valence-electron chi connectivity index (χ0n) is 22.8. The topological polar surface area (TPSA) is 36.9 Å². The molecule has 0 aliphatic carbocycles. The SMILES string of the molecule is C=C(O[C@@H](C)[C@H](C)O[Si](C)(C)C)c1ccc2ccc(C(=C)O[C@H](C)[C@H](C)O[Si](C)(C)C)cc2c1. The van der Waals surface area contributed by atoms with E-state index in [2.05, 4.69) is 90.6 Å². The van der Waals surface area contributed by atoms with Gasteiger partial charge in [-0.05, 0) is 89.9 Å². The molecule has 0 aliphatic heterocycles. The molecule has 2 aromatic carbocycles. The van der Waals surface area contributed by atoms with Crippen molar-refractivity contribution >= 4 is 38.9 Å². The number of benzene rings is 2. The summed E-state index contributed by atoms with van der Waals surface area (Å²) in [5, 5.41) is 2.22. The molecule has 0 heterocycles. The van der Waals surface area contributed by atoms with E-state index < -0.39 is 16.6 Å². The lowest BCUT2D eigenvalue weighted by Crippen LogP contribution is -2.36. The Morgan fingerprint density at radius 1 is 0.588 bits per heavy atom. The van der Waals surface area contributed by atoms with Crippen molar-refractivity contribution in [3.8, 4) is 0 Å². The third-order valence-corrected chi connectivity index (χ3v) is 7.70. The van der Waals surface area contributed by atoms with Crippen LogP contribution in [0, 0.1) is 0 Å². The fourth-order valence-electron chi connectivity index (χ4n) is 3.68. The first-order valence-corrected chi connectivity index (χ1v) is 19.0. The zero-order chi connectivity index (χ0) is 25.8. The lowest BCUT2D eigenvalue weighted by molar-refractivity contribution is 0.0546. The average Bonchev–Trinajstić information content (AvgIpc) is 2.70. The normalized spacial score (nSPS) is 15.9. The molecule has 4 nitrogen and oxygen atoms in total. The lowest BCUT2D eigenvalue weighted by Gasteiger charge is -2.29. The number of fused-ring (bicyclic) bond motifs is 1. The minimum Gasteiger partial charge on any atom is -0.488 e. The van der Waals surface area contributed by atoms with Gasteiger partial charge in [0.05, 0.1) is 12.2 Å². The Kier molecular flexibility index (Phi) is 9.39. The Morgan fingerprint density at radius 3 is 1.26 bits per heavy atom. The summed E-state index contributed by atoms with van der Waals surface area (Å²) in [6.45, 7) is 29.6. The molecular formula is C28H44O4Si2. The van der Waals surface area contributed by atoms with Crippen LogP contribution >= 0.6 is 0 Å². The first-order chi connectivity index (χ1) is 15.6. The predicted octanol–water partition coefficient (Wildman–Crippen LogP) is 8.07. The van der Waals surface area contributed by atoms with E-state index in [9.17, 15) is 0 Å². The summed E-state index contributed by atoms with van der Waals surface area (Å²) in [7, 11) is -3.27. The van der Waals surface area contributed by atoms with Crippen LogP contribution in [0.3, 0.4) is 0 Å². The molecule has 0 amide bonds. The smallest absolute Gasteiger partial charge is 0.184 e. The van der Waals surface area contributed by atoms with E-state index in [1.165, 1.54) is 0 Å². The van der Waals surface area contributed by atoms with E-state index >= 15 is 0 Å². The highest BCUT2D eigenvalue weighted by Crippen LogP contribution is 2.27. The molecule has 0 unspecified atom stereocenters. The molecular weight excluding hydrogens is 456 g/mol. The number of hydrogen-bond donors (Lipinski definition) is 0. The third-order valence-electron chi connectivity index (χ3n) is 5.54. The van der Waals surface area contributed by atoms with Gasteiger partial charge in [0.15, 0.2) is 16.6 Å². The Balaban J connectivity index is 2.13. The van der Waals surface area contributed by atoms with Crippen LogP contribution < -0.4 is 0 Å². The molecule has 0 aliphatic rings. The maximum absolute atomic E-state index is 6.17. The minimum absolute atomic E-state index is 0.00487. The van der Waals surface area contributed by atoms with Gasteiger partial charge in [-0.1, -0.05) is 37.4 Å². The molecule has 34 heavy (non-hydrogen) atoms. The average molecular weight is 501 g/mol. The highest BCUT2D eigenvalue weighted by molar-refractivity contribution is 6.70. The molecule has 0 saturated carbocycles. The Labute approximate surface area is 209 Å². The summed E-state index contributed by atoms with van der Waals surface area (Å²) in [5.74, 6) is 1.29. The van der Waals surface area contributed by atoms with E-state index in [-0.39, 0.29) is 24.4 Å².